The lowest BCUT2D eigenvalue weighted by atomic mass is 10.0. The summed E-state index contributed by atoms with van der Waals surface area (Å²) >= 11 is 1.03. The van der Waals surface area contributed by atoms with Gasteiger partial charge in [0.05, 0.1) is 25.2 Å². The molecule has 6 nitrogen and oxygen atoms in total. The molecule has 1 aromatic carbocycles. The molecule has 2 rings (SSSR count). The van der Waals surface area contributed by atoms with Crippen molar-refractivity contribution >= 4 is 34.2 Å². The summed E-state index contributed by atoms with van der Waals surface area (Å²) in [6.07, 6.45) is 0.168. The molecule has 1 amide bonds. The van der Waals surface area contributed by atoms with Gasteiger partial charge in [-0.3, -0.25) is 4.79 Å². The third kappa shape index (κ3) is 4.98. The van der Waals surface area contributed by atoms with Crippen molar-refractivity contribution in [3.05, 3.63) is 50.9 Å². The maximum Gasteiger partial charge on any atom is 0.348 e. The fraction of sp³-hybridized carbons (Fsp3) is 0.381. The maximum atomic E-state index is 12.6. The molecule has 0 aliphatic carbocycles. The van der Waals surface area contributed by atoms with Crippen molar-refractivity contribution in [2.24, 2.45) is 0 Å². The Hall–Kier alpha value is -2.67. The predicted octanol–water partition coefficient (Wildman–Crippen LogP) is 4.21. The van der Waals surface area contributed by atoms with Crippen LogP contribution in [-0.4, -0.2) is 31.1 Å². The van der Waals surface area contributed by atoms with Gasteiger partial charge in [0.25, 0.3) is 0 Å². The van der Waals surface area contributed by atoms with Gasteiger partial charge >= 0.3 is 11.9 Å². The number of hydrogen-bond acceptors (Lipinski definition) is 6. The van der Waals surface area contributed by atoms with Gasteiger partial charge in [0.15, 0.2) is 0 Å². The molecule has 0 saturated carbocycles. The summed E-state index contributed by atoms with van der Waals surface area (Å²) < 4.78 is 10.2. The minimum atomic E-state index is -0.575. The highest BCUT2D eigenvalue weighted by atomic mass is 32.1. The molecule has 7 heteroatoms. The van der Waals surface area contributed by atoms with E-state index in [4.69, 9.17) is 9.47 Å². The topological polar surface area (TPSA) is 81.7 Å². The van der Waals surface area contributed by atoms with Crippen LogP contribution in [0.5, 0.6) is 0 Å². The van der Waals surface area contributed by atoms with Crippen LogP contribution in [0, 0.1) is 20.8 Å². The minimum absolute atomic E-state index is 0.168. The van der Waals surface area contributed by atoms with Gasteiger partial charge in [-0.2, -0.15) is 0 Å². The van der Waals surface area contributed by atoms with Crippen LogP contribution < -0.4 is 5.32 Å². The molecule has 0 atom stereocenters. The van der Waals surface area contributed by atoms with Gasteiger partial charge < -0.3 is 14.8 Å². The lowest BCUT2D eigenvalue weighted by molar-refractivity contribution is -0.115. The molecule has 0 spiro atoms. The second kappa shape index (κ2) is 9.50. The molecule has 28 heavy (non-hydrogen) atoms. The van der Waals surface area contributed by atoms with E-state index in [0.29, 0.717) is 10.6 Å². The van der Waals surface area contributed by atoms with E-state index >= 15 is 0 Å². The number of carbonyl (C=O) groups excluding carboxylic acids is 3. The van der Waals surface area contributed by atoms with E-state index in [1.165, 1.54) is 0 Å². The van der Waals surface area contributed by atoms with Gasteiger partial charge in [0.1, 0.15) is 9.88 Å². The number of thiophene rings is 1. The average Bonchev–Trinajstić information content (AvgIpc) is 2.94. The van der Waals surface area contributed by atoms with Crippen molar-refractivity contribution < 1.29 is 23.9 Å². The Morgan fingerprint density at radius 2 is 1.64 bits per heavy atom. The van der Waals surface area contributed by atoms with E-state index in [-0.39, 0.29) is 36.0 Å². The molecular weight excluding hydrogens is 378 g/mol. The summed E-state index contributed by atoms with van der Waals surface area (Å²) in [7, 11) is 0. The zero-order valence-electron chi connectivity index (χ0n) is 16.8. The summed E-state index contributed by atoms with van der Waals surface area (Å²) in [5.74, 6) is -1.37. The van der Waals surface area contributed by atoms with Crippen LogP contribution >= 0.6 is 11.3 Å². The third-order valence-corrected chi connectivity index (χ3v) is 5.38. The van der Waals surface area contributed by atoms with Crippen molar-refractivity contribution in [2.45, 2.75) is 41.0 Å². The Balaban J connectivity index is 2.33. The van der Waals surface area contributed by atoms with Gasteiger partial charge in [-0.05, 0) is 51.3 Å². The number of hydrogen-bond donors (Lipinski definition) is 1. The SMILES string of the molecule is CCOC(=O)c1sc(NC(=O)Cc2cc(C)ccc2C)c(C(=O)OCC)c1C. The van der Waals surface area contributed by atoms with Gasteiger partial charge in [-0.15, -0.1) is 11.3 Å². The minimum Gasteiger partial charge on any atom is -0.462 e. The van der Waals surface area contributed by atoms with E-state index in [1.807, 2.05) is 32.0 Å². The first-order valence-electron chi connectivity index (χ1n) is 9.12. The lowest BCUT2D eigenvalue weighted by Gasteiger charge is -2.09. The highest BCUT2D eigenvalue weighted by Crippen LogP contribution is 2.34. The summed E-state index contributed by atoms with van der Waals surface area (Å²) in [5, 5.41) is 3.07. The van der Waals surface area contributed by atoms with E-state index in [2.05, 4.69) is 5.32 Å². The zero-order chi connectivity index (χ0) is 20.8. The standard InChI is InChI=1S/C21H25NO5S/c1-6-26-20(24)17-14(5)18(21(25)27-7-2)28-19(17)22-16(23)11-15-10-12(3)8-9-13(15)4/h8-10H,6-7,11H2,1-5H3,(H,22,23). The molecule has 0 saturated heterocycles. The van der Waals surface area contributed by atoms with Crippen molar-refractivity contribution in [3.8, 4) is 0 Å². The fourth-order valence-corrected chi connectivity index (χ4v) is 3.88. The van der Waals surface area contributed by atoms with Crippen molar-refractivity contribution in [2.75, 3.05) is 18.5 Å². The highest BCUT2D eigenvalue weighted by Gasteiger charge is 2.27. The smallest absolute Gasteiger partial charge is 0.348 e. The number of ether oxygens (including phenoxy) is 2. The molecule has 1 heterocycles. The van der Waals surface area contributed by atoms with Gasteiger partial charge in [-0.1, -0.05) is 23.8 Å². The lowest BCUT2D eigenvalue weighted by Crippen LogP contribution is -2.17. The van der Waals surface area contributed by atoms with Crippen LogP contribution in [-0.2, 0) is 20.7 Å². The Labute approximate surface area is 168 Å². The number of carbonyl (C=O) groups is 3. The number of anilines is 1. The average molecular weight is 404 g/mol. The first kappa shape index (κ1) is 21.6. The fourth-order valence-electron chi connectivity index (χ4n) is 2.78. The second-order valence-corrected chi connectivity index (χ2v) is 7.38. The third-order valence-electron chi connectivity index (χ3n) is 4.20. The van der Waals surface area contributed by atoms with E-state index in [0.717, 1.165) is 28.0 Å². The summed E-state index contributed by atoms with van der Waals surface area (Å²) in [4.78, 5) is 37.5. The first-order valence-corrected chi connectivity index (χ1v) is 9.93. The largest absolute Gasteiger partial charge is 0.462 e. The van der Waals surface area contributed by atoms with Gasteiger partial charge in [0, 0.05) is 0 Å². The van der Waals surface area contributed by atoms with Crippen LogP contribution in [0.15, 0.2) is 18.2 Å². The van der Waals surface area contributed by atoms with Crippen molar-refractivity contribution in [1.29, 1.82) is 0 Å². The Morgan fingerprint density at radius 1 is 1.00 bits per heavy atom. The van der Waals surface area contributed by atoms with Crippen LogP contribution in [0.2, 0.25) is 0 Å². The van der Waals surface area contributed by atoms with Crippen LogP contribution in [0.25, 0.3) is 0 Å². The number of esters is 2. The highest BCUT2D eigenvalue weighted by molar-refractivity contribution is 7.18. The normalized spacial score (nSPS) is 10.5. The summed E-state index contributed by atoms with van der Waals surface area (Å²) in [6.45, 7) is 9.38. The van der Waals surface area contributed by atoms with E-state index < -0.39 is 11.9 Å². The van der Waals surface area contributed by atoms with Crippen LogP contribution in [0.1, 0.15) is 56.1 Å². The molecule has 0 radical (unpaired) electrons. The Morgan fingerprint density at radius 3 is 2.29 bits per heavy atom. The van der Waals surface area contributed by atoms with Gasteiger partial charge in [0.2, 0.25) is 5.91 Å². The maximum absolute atomic E-state index is 12.6. The number of nitrogens with one attached hydrogen (secondary N) is 1. The Kier molecular flexibility index (Phi) is 7.34. The number of aryl methyl sites for hydroxylation is 2. The zero-order valence-corrected chi connectivity index (χ0v) is 17.6. The van der Waals surface area contributed by atoms with Crippen LogP contribution in [0.3, 0.4) is 0 Å². The number of rotatable bonds is 7. The molecule has 2 aromatic rings. The molecule has 0 fully saturated rings. The molecular formula is C21H25NO5S. The molecule has 1 N–H and O–H groups in total. The van der Waals surface area contributed by atoms with Crippen molar-refractivity contribution in [3.63, 3.8) is 0 Å². The first-order chi connectivity index (χ1) is 13.3. The quantitative estimate of drug-likeness (QED) is 0.701. The second-order valence-electron chi connectivity index (χ2n) is 6.36. The molecule has 1 aromatic heterocycles. The molecule has 0 unspecified atom stereocenters. The van der Waals surface area contributed by atoms with Crippen LogP contribution in [0.4, 0.5) is 5.00 Å². The summed E-state index contributed by atoms with van der Waals surface area (Å²) in [5.41, 5.74) is 3.64. The predicted molar refractivity (Wildman–Crippen MR) is 109 cm³/mol. The molecule has 0 aliphatic heterocycles. The monoisotopic (exact) mass is 403 g/mol. The molecule has 0 bridgehead atoms. The van der Waals surface area contributed by atoms with E-state index in [9.17, 15) is 14.4 Å². The molecule has 0 aliphatic rings. The van der Waals surface area contributed by atoms with Crippen molar-refractivity contribution in [1.82, 2.24) is 0 Å². The number of benzene rings is 1. The molecule has 150 valence electrons. The van der Waals surface area contributed by atoms with Gasteiger partial charge in [-0.25, -0.2) is 9.59 Å². The Bertz CT molecular complexity index is 900. The van der Waals surface area contributed by atoms with E-state index in [1.54, 1.807) is 20.8 Å². The summed E-state index contributed by atoms with van der Waals surface area (Å²) in [6, 6.07) is 5.92. The number of amides is 1.